The van der Waals surface area contributed by atoms with E-state index in [0.29, 0.717) is 25.9 Å². The summed E-state index contributed by atoms with van der Waals surface area (Å²) in [6.07, 6.45) is 7.57. The quantitative estimate of drug-likeness (QED) is 0.457. The lowest BCUT2D eigenvalue weighted by Gasteiger charge is -2.04. The Morgan fingerprint density at radius 3 is 2.57 bits per heavy atom. The Hall–Kier alpha value is -1.50. The van der Waals surface area contributed by atoms with Crippen LogP contribution in [0.2, 0.25) is 0 Å². The molecule has 0 atom stereocenters. The molecule has 0 aromatic heterocycles. The zero-order valence-corrected chi connectivity index (χ0v) is 8.30. The molecule has 0 aromatic carbocycles. The van der Waals surface area contributed by atoms with Gasteiger partial charge in [0, 0.05) is 32.9 Å². The molecule has 14 heavy (non-hydrogen) atoms. The molecule has 77 valence electrons. The van der Waals surface area contributed by atoms with Crippen LogP contribution in [0.3, 0.4) is 0 Å². The molecule has 0 unspecified atom stereocenters. The first-order valence-electron chi connectivity index (χ1n) is 4.45. The Kier molecular flexibility index (Phi) is 7.24. The second-order valence-electron chi connectivity index (χ2n) is 2.74. The minimum Gasteiger partial charge on any atom is -0.355 e. The Morgan fingerprint density at radius 2 is 2.00 bits per heavy atom. The topological polar surface area (TPSA) is 58.2 Å². The van der Waals surface area contributed by atoms with Crippen LogP contribution in [0.5, 0.6) is 0 Å². The van der Waals surface area contributed by atoms with Gasteiger partial charge in [0.25, 0.3) is 0 Å². The largest absolute Gasteiger partial charge is 0.355 e. The van der Waals surface area contributed by atoms with E-state index in [1.54, 1.807) is 6.42 Å². The molecule has 1 radical (unpaired) electrons. The standard InChI is InChI=1S/C10H15N2O2/c1-3-4-5-6-10(14)12-8-7-11-9(2)13/h1,4H,5-8H2,2H3,(H,11,13)(H,12,14). The van der Waals surface area contributed by atoms with E-state index in [2.05, 4.69) is 16.6 Å². The summed E-state index contributed by atoms with van der Waals surface area (Å²) in [6.45, 7) is 2.35. The van der Waals surface area contributed by atoms with Crippen molar-refractivity contribution >= 4 is 11.8 Å². The van der Waals surface area contributed by atoms with Gasteiger partial charge in [-0.3, -0.25) is 9.59 Å². The number of amides is 2. The summed E-state index contributed by atoms with van der Waals surface area (Å²) < 4.78 is 0. The van der Waals surface area contributed by atoms with Crippen LogP contribution in [0.4, 0.5) is 0 Å². The van der Waals surface area contributed by atoms with Gasteiger partial charge in [-0.2, -0.15) is 0 Å². The molecule has 0 aliphatic carbocycles. The zero-order valence-electron chi connectivity index (χ0n) is 8.30. The van der Waals surface area contributed by atoms with Gasteiger partial charge in [-0.15, -0.1) is 12.3 Å². The third kappa shape index (κ3) is 8.60. The molecule has 0 heterocycles. The number of terminal acetylenes is 1. The predicted molar refractivity (Wildman–Crippen MR) is 54.1 cm³/mol. The van der Waals surface area contributed by atoms with Crippen molar-refractivity contribution in [3.05, 3.63) is 6.42 Å². The van der Waals surface area contributed by atoms with Crippen molar-refractivity contribution < 1.29 is 9.59 Å². The highest BCUT2D eigenvalue weighted by molar-refractivity contribution is 5.76. The SMILES string of the molecule is C#C[CH]CCC(=O)NCCNC(C)=O. The van der Waals surface area contributed by atoms with Crippen molar-refractivity contribution in [1.82, 2.24) is 10.6 Å². The van der Waals surface area contributed by atoms with E-state index in [4.69, 9.17) is 6.42 Å². The number of carbonyl (C=O) groups is 2. The van der Waals surface area contributed by atoms with Crippen LogP contribution in [-0.2, 0) is 9.59 Å². The maximum Gasteiger partial charge on any atom is 0.220 e. The van der Waals surface area contributed by atoms with Crippen molar-refractivity contribution in [2.45, 2.75) is 19.8 Å². The normalized spacial score (nSPS) is 8.86. The van der Waals surface area contributed by atoms with Gasteiger partial charge in [-0.05, 0) is 6.42 Å². The second-order valence-corrected chi connectivity index (χ2v) is 2.74. The lowest BCUT2D eigenvalue weighted by Crippen LogP contribution is -2.33. The molecule has 0 fully saturated rings. The molecule has 4 heteroatoms. The molecule has 2 N–H and O–H groups in total. The van der Waals surface area contributed by atoms with Crippen molar-refractivity contribution in [1.29, 1.82) is 0 Å². The van der Waals surface area contributed by atoms with E-state index >= 15 is 0 Å². The highest BCUT2D eigenvalue weighted by atomic mass is 16.2. The van der Waals surface area contributed by atoms with Gasteiger partial charge < -0.3 is 10.6 Å². The predicted octanol–water partition coefficient (Wildman–Crippen LogP) is -0.144. The summed E-state index contributed by atoms with van der Waals surface area (Å²) in [5.74, 6) is 2.19. The van der Waals surface area contributed by atoms with E-state index in [1.807, 2.05) is 0 Å². The monoisotopic (exact) mass is 195 g/mol. The average molecular weight is 195 g/mol. The van der Waals surface area contributed by atoms with Gasteiger partial charge in [0.15, 0.2) is 0 Å². The molecular formula is C10H15N2O2. The minimum absolute atomic E-state index is 0.0538. The Bertz CT molecular complexity index is 231. The third-order valence-electron chi connectivity index (χ3n) is 1.45. The highest BCUT2D eigenvalue weighted by Crippen LogP contribution is 1.91. The van der Waals surface area contributed by atoms with Crippen LogP contribution in [0.1, 0.15) is 19.8 Å². The smallest absolute Gasteiger partial charge is 0.220 e. The van der Waals surface area contributed by atoms with E-state index in [9.17, 15) is 9.59 Å². The van der Waals surface area contributed by atoms with Crippen LogP contribution >= 0.6 is 0 Å². The zero-order chi connectivity index (χ0) is 10.8. The molecule has 0 rings (SSSR count). The Morgan fingerprint density at radius 1 is 1.36 bits per heavy atom. The van der Waals surface area contributed by atoms with Crippen LogP contribution in [0, 0.1) is 18.8 Å². The van der Waals surface area contributed by atoms with Crippen molar-refractivity contribution in [2.75, 3.05) is 13.1 Å². The van der Waals surface area contributed by atoms with E-state index in [1.165, 1.54) is 6.92 Å². The van der Waals surface area contributed by atoms with E-state index in [0.717, 1.165) is 0 Å². The van der Waals surface area contributed by atoms with Gasteiger partial charge in [0.2, 0.25) is 11.8 Å². The van der Waals surface area contributed by atoms with Gasteiger partial charge in [-0.1, -0.05) is 0 Å². The molecular weight excluding hydrogens is 180 g/mol. The molecule has 0 bridgehead atoms. The summed E-state index contributed by atoms with van der Waals surface area (Å²) >= 11 is 0. The molecule has 0 saturated carbocycles. The summed E-state index contributed by atoms with van der Waals surface area (Å²) in [7, 11) is 0. The summed E-state index contributed by atoms with van der Waals surface area (Å²) in [4.78, 5) is 21.5. The first kappa shape index (κ1) is 12.5. The fourth-order valence-corrected chi connectivity index (χ4v) is 0.815. The van der Waals surface area contributed by atoms with Crippen LogP contribution in [0.15, 0.2) is 0 Å². The molecule has 0 saturated heterocycles. The van der Waals surface area contributed by atoms with E-state index < -0.39 is 0 Å². The summed E-state index contributed by atoms with van der Waals surface area (Å²) in [5.41, 5.74) is 0. The Labute approximate surface area is 84.4 Å². The maximum absolute atomic E-state index is 11.1. The number of nitrogens with one attached hydrogen (secondary N) is 2. The third-order valence-corrected chi connectivity index (χ3v) is 1.45. The van der Waals surface area contributed by atoms with Gasteiger partial charge >= 0.3 is 0 Å². The van der Waals surface area contributed by atoms with Crippen LogP contribution < -0.4 is 10.6 Å². The number of carbonyl (C=O) groups excluding carboxylic acids is 2. The fraction of sp³-hybridized carbons (Fsp3) is 0.500. The van der Waals surface area contributed by atoms with Crippen LogP contribution in [0.25, 0.3) is 0 Å². The number of unbranched alkanes of at least 4 members (excludes halogenated alkanes) is 1. The lowest BCUT2D eigenvalue weighted by atomic mass is 10.2. The van der Waals surface area contributed by atoms with Gasteiger partial charge in [0.05, 0.1) is 0 Å². The molecule has 0 aliphatic heterocycles. The summed E-state index contributed by atoms with van der Waals surface area (Å²) in [5, 5.41) is 5.23. The highest BCUT2D eigenvalue weighted by Gasteiger charge is 1.99. The fourth-order valence-electron chi connectivity index (χ4n) is 0.815. The Balaban J connectivity index is 3.28. The second kappa shape index (κ2) is 8.11. The number of hydrogen-bond donors (Lipinski definition) is 2. The van der Waals surface area contributed by atoms with Crippen molar-refractivity contribution in [3.63, 3.8) is 0 Å². The number of hydrogen-bond acceptors (Lipinski definition) is 2. The average Bonchev–Trinajstić information content (AvgIpc) is 2.13. The molecule has 0 aliphatic rings. The minimum atomic E-state index is -0.0973. The first-order chi connectivity index (χ1) is 6.66. The maximum atomic E-state index is 11.1. The first-order valence-corrected chi connectivity index (χ1v) is 4.45. The van der Waals surface area contributed by atoms with Crippen molar-refractivity contribution in [3.8, 4) is 12.3 Å². The molecule has 0 spiro atoms. The summed E-state index contributed by atoms with van der Waals surface area (Å²) in [6, 6.07) is 0. The number of rotatable bonds is 6. The van der Waals surface area contributed by atoms with Crippen LogP contribution in [-0.4, -0.2) is 24.9 Å². The van der Waals surface area contributed by atoms with Crippen molar-refractivity contribution in [2.24, 2.45) is 0 Å². The lowest BCUT2D eigenvalue weighted by molar-refractivity contribution is -0.122. The molecule has 2 amide bonds. The molecule has 4 nitrogen and oxygen atoms in total. The van der Waals surface area contributed by atoms with Gasteiger partial charge in [-0.25, -0.2) is 0 Å². The van der Waals surface area contributed by atoms with Gasteiger partial charge in [0.1, 0.15) is 0 Å². The van der Waals surface area contributed by atoms with E-state index in [-0.39, 0.29) is 11.8 Å². The molecule has 0 aromatic rings.